The zero-order chi connectivity index (χ0) is 31.8. The van der Waals surface area contributed by atoms with E-state index >= 15 is 0 Å². The fourth-order valence-electron chi connectivity index (χ4n) is 7.56. The maximum Gasteiger partial charge on any atom is 0.0931 e. The predicted octanol–water partition coefficient (Wildman–Crippen LogP) is 3.74. The van der Waals surface area contributed by atoms with E-state index in [2.05, 4.69) is 78.0 Å². The summed E-state index contributed by atoms with van der Waals surface area (Å²) in [5.41, 5.74) is 0.379. The molecule has 0 aromatic heterocycles. The van der Waals surface area contributed by atoms with Gasteiger partial charge in [0, 0.05) is 103 Å². The van der Waals surface area contributed by atoms with Crippen molar-refractivity contribution in [1.82, 2.24) is 29.6 Å². The summed E-state index contributed by atoms with van der Waals surface area (Å²) in [5, 5.41) is 2.22. The molecule has 4 aliphatic rings. The SMILES string of the molecule is COCCN1CC[C@@H](ON2CCN(C(C)(C)CCC(C)(C)OCCN3CCC(CN4CCN(C(C)(C)C)CC4)CC3)CC2)C1. The molecular formula is C35H70N6O3. The first-order chi connectivity index (χ1) is 20.8. The Labute approximate surface area is 271 Å². The molecule has 0 spiro atoms. The van der Waals surface area contributed by atoms with Gasteiger partial charge in [0.25, 0.3) is 0 Å². The lowest BCUT2D eigenvalue weighted by atomic mass is 9.89. The lowest BCUT2D eigenvalue weighted by Crippen LogP contribution is -2.55. The van der Waals surface area contributed by atoms with Crippen molar-refractivity contribution in [1.29, 1.82) is 0 Å². The Morgan fingerprint density at radius 2 is 1.23 bits per heavy atom. The largest absolute Gasteiger partial charge is 0.383 e. The molecule has 4 rings (SSSR count). The molecule has 0 radical (unpaired) electrons. The summed E-state index contributed by atoms with van der Waals surface area (Å²) in [6.45, 7) is 35.1. The van der Waals surface area contributed by atoms with Crippen molar-refractivity contribution >= 4 is 0 Å². The van der Waals surface area contributed by atoms with E-state index in [4.69, 9.17) is 14.3 Å². The fourth-order valence-corrected chi connectivity index (χ4v) is 7.56. The van der Waals surface area contributed by atoms with Crippen molar-refractivity contribution in [3.8, 4) is 0 Å². The van der Waals surface area contributed by atoms with Crippen LogP contribution in [0.3, 0.4) is 0 Å². The van der Waals surface area contributed by atoms with E-state index in [1.165, 1.54) is 58.7 Å². The lowest BCUT2D eigenvalue weighted by molar-refractivity contribution is -0.213. The van der Waals surface area contributed by atoms with Crippen molar-refractivity contribution < 1.29 is 14.3 Å². The van der Waals surface area contributed by atoms with Gasteiger partial charge in [0.15, 0.2) is 0 Å². The molecule has 0 aromatic rings. The monoisotopic (exact) mass is 623 g/mol. The van der Waals surface area contributed by atoms with Crippen LogP contribution in [0.1, 0.15) is 80.6 Å². The smallest absolute Gasteiger partial charge is 0.0931 e. The van der Waals surface area contributed by atoms with Crippen LogP contribution in [0.2, 0.25) is 0 Å². The number of likely N-dealkylation sites (tertiary alicyclic amines) is 2. The van der Waals surface area contributed by atoms with Crippen LogP contribution in [0, 0.1) is 5.92 Å². The Balaban J connectivity index is 1.05. The van der Waals surface area contributed by atoms with E-state index in [0.717, 1.165) is 90.8 Å². The van der Waals surface area contributed by atoms with Crippen LogP contribution >= 0.6 is 0 Å². The van der Waals surface area contributed by atoms with Gasteiger partial charge in [-0.2, -0.15) is 5.06 Å². The molecule has 44 heavy (non-hydrogen) atoms. The molecule has 4 heterocycles. The molecule has 0 saturated carbocycles. The van der Waals surface area contributed by atoms with Gasteiger partial charge in [-0.15, -0.1) is 0 Å². The molecular weight excluding hydrogens is 552 g/mol. The minimum Gasteiger partial charge on any atom is -0.383 e. The highest BCUT2D eigenvalue weighted by Crippen LogP contribution is 2.28. The van der Waals surface area contributed by atoms with Crippen molar-refractivity contribution in [2.75, 3.05) is 118 Å². The van der Waals surface area contributed by atoms with Gasteiger partial charge in [-0.05, 0) is 99.6 Å². The third-order valence-corrected chi connectivity index (χ3v) is 11.0. The van der Waals surface area contributed by atoms with E-state index in [9.17, 15) is 0 Å². The number of hydrogen-bond acceptors (Lipinski definition) is 9. The standard InChI is InChI=1S/C35H70N6O3/c1-33(2,3)39-19-17-38(18-20-39)29-31-9-14-36(15-10-31)26-28-43-35(6,7)13-12-34(4,5)40-21-23-41(24-22-40)44-32-11-16-37(30-32)25-27-42-8/h31-32H,9-30H2,1-8H3/t32-/m1/s1. The number of hydrogen-bond donors (Lipinski definition) is 0. The second-order valence-electron chi connectivity index (χ2n) is 16.4. The van der Waals surface area contributed by atoms with Crippen molar-refractivity contribution in [2.45, 2.75) is 103 Å². The molecule has 4 fully saturated rings. The van der Waals surface area contributed by atoms with Crippen LogP contribution in [0.25, 0.3) is 0 Å². The van der Waals surface area contributed by atoms with E-state index in [1.54, 1.807) is 7.11 Å². The molecule has 4 aliphatic heterocycles. The maximum atomic E-state index is 6.51. The second kappa shape index (κ2) is 16.6. The van der Waals surface area contributed by atoms with E-state index in [1.807, 2.05) is 0 Å². The van der Waals surface area contributed by atoms with Gasteiger partial charge in [-0.3, -0.25) is 19.5 Å². The highest BCUT2D eigenvalue weighted by Gasteiger charge is 2.34. The number of piperidine rings is 1. The summed E-state index contributed by atoms with van der Waals surface area (Å²) in [6, 6.07) is 0. The van der Waals surface area contributed by atoms with Gasteiger partial charge >= 0.3 is 0 Å². The van der Waals surface area contributed by atoms with E-state index in [-0.39, 0.29) is 11.1 Å². The molecule has 0 N–H and O–H groups in total. The van der Waals surface area contributed by atoms with Crippen LogP contribution in [-0.2, 0) is 14.3 Å². The van der Waals surface area contributed by atoms with E-state index < -0.39 is 0 Å². The van der Waals surface area contributed by atoms with Crippen molar-refractivity contribution in [3.05, 3.63) is 0 Å². The van der Waals surface area contributed by atoms with E-state index in [0.29, 0.717) is 11.6 Å². The lowest BCUT2D eigenvalue weighted by Gasteiger charge is -2.45. The van der Waals surface area contributed by atoms with Crippen LogP contribution < -0.4 is 0 Å². The summed E-state index contributed by atoms with van der Waals surface area (Å²) < 4.78 is 11.8. The topological polar surface area (TPSA) is 47.1 Å². The van der Waals surface area contributed by atoms with Crippen LogP contribution in [0.5, 0.6) is 0 Å². The number of nitrogens with zero attached hydrogens (tertiary/aromatic N) is 6. The molecule has 0 bridgehead atoms. The molecule has 9 nitrogen and oxygen atoms in total. The molecule has 0 aromatic carbocycles. The van der Waals surface area contributed by atoms with Crippen LogP contribution in [0.15, 0.2) is 0 Å². The normalized spacial score (nSPS) is 25.8. The molecule has 9 heteroatoms. The second-order valence-corrected chi connectivity index (χ2v) is 16.4. The fraction of sp³-hybridized carbons (Fsp3) is 1.00. The van der Waals surface area contributed by atoms with Crippen molar-refractivity contribution in [3.63, 3.8) is 0 Å². The molecule has 0 unspecified atom stereocenters. The number of hydroxylamine groups is 2. The Kier molecular flexibility index (Phi) is 13.8. The summed E-state index contributed by atoms with van der Waals surface area (Å²) >= 11 is 0. The number of ether oxygens (including phenoxy) is 2. The Morgan fingerprint density at radius 1 is 0.614 bits per heavy atom. The first-order valence-electron chi connectivity index (χ1n) is 18.0. The first-order valence-corrected chi connectivity index (χ1v) is 18.0. The Bertz CT molecular complexity index is 812. The van der Waals surface area contributed by atoms with Gasteiger partial charge < -0.3 is 19.3 Å². The summed E-state index contributed by atoms with van der Waals surface area (Å²) in [4.78, 5) is 19.5. The molecule has 4 saturated heterocycles. The maximum absolute atomic E-state index is 6.51. The number of methoxy groups -OCH3 is 1. The molecule has 0 amide bonds. The van der Waals surface area contributed by atoms with Gasteiger partial charge in [-0.25, -0.2) is 0 Å². The third-order valence-electron chi connectivity index (χ3n) is 11.0. The van der Waals surface area contributed by atoms with Gasteiger partial charge in [0.2, 0.25) is 0 Å². The van der Waals surface area contributed by atoms with Gasteiger partial charge in [0.05, 0.1) is 24.9 Å². The van der Waals surface area contributed by atoms with Crippen LogP contribution in [-0.4, -0.2) is 171 Å². The molecule has 0 aliphatic carbocycles. The predicted molar refractivity (Wildman–Crippen MR) is 181 cm³/mol. The number of rotatable bonds is 15. The van der Waals surface area contributed by atoms with Crippen molar-refractivity contribution in [2.24, 2.45) is 5.92 Å². The average molecular weight is 623 g/mol. The average Bonchev–Trinajstić information content (AvgIpc) is 3.43. The molecule has 258 valence electrons. The Hall–Kier alpha value is -0.360. The Morgan fingerprint density at radius 3 is 1.86 bits per heavy atom. The van der Waals surface area contributed by atoms with Crippen LogP contribution in [0.4, 0.5) is 0 Å². The molecule has 1 atom stereocenters. The van der Waals surface area contributed by atoms with Gasteiger partial charge in [-0.1, -0.05) is 0 Å². The van der Waals surface area contributed by atoms with Gasteiger partial charge in [0.1, 0.15) is 0 Å². The highest BCUT2D eigenvalue weighted by molar-refractivity contribution is 4.88. The summed E-state index contributed by atoms with van der Waals surface area (Å²) in [6.07, 6.45) is 6.36. The zero-order valence-corrected chi connectivity index (χ0v) is 30.1. The minimum atomic E-state index is -0.0904. The quantitative estimate of drug-likeness (QED) is 0.272. The third kappa shape index (κ3) is 11.7. The first kappa shape index (κ1) is 36.5. The summed E-state index contributed by atoms with van der Waals surface area (Å²) in [7, 11) is 1.78. The zero-order valence-electron chi connectivity index (χ0n) is 30.1. The summed E-state index contributed by atoms with van der Waals surface area (Å²) in [5.74, 6) is 0.861. The minimum absolute atomic E-state index is 0.0904. The highest BCUT2D eigenvalue weighted by atomic mass is 16.7. The number of piperazine rings is 2.